The molecule has 2 rings (SSSR count). The van der Waals surface area contributed by atoms with Crippen LogP contribution in [0.5, 0.6) is 5.75 Å². The summed E-state index contributed by atoms with van der Waals surface area (Å²) in [5.74, 6) is -0.362. The summed E-state index contributed by atoms with van der Waals surface area (Å²) >= 11 is 6.26. The van der Waals surface area contributed by atoms with Gasteiger partial charge in [-0.2, -0.15) is 10.5 Å². The number of hydrogen-bond donors (Lipinski definition) is 1. The summed E-state index contributed by atoms with van der Waals surface area (Å²) in [6.07, 6.45) is 1.21. The Balaban J connectivity index is 2.58. The van der Waals surface area contributed by atoms with Crippen LogP contribution in [0.15, 0.2) is 28.3 Å². The van der Waals surface area contributed by atoms with Gasteiger partial charge in [0.25, 0.3) is 0 Å². The normalized spacial score (nSPS) is 9.61. The third kappa shape index (κ3) is 3.05. The van der Waals surface area contributed by atoms with Crippen molar-refractivity contribution in [3.63, 3.8) is 0 Å². The number of carbonyl (C=O) groups excluding carboxylic acids is 1. The van der Waals surface area contributed by atoms with Gasteiger partial charge in [0.15, 0.2) is 5.75 Å². The number of methoxy groups -OCH3 is 2. The molecule has 0 aliphatic rings. The molecule has 0 radical (unpaired) electrons. The van der Waals surface area contributed by atoms with Gasteiger partial charge in [0, 0.05) is 23.7 Å². The fourth-order valence-electron chi connectivity index (χ4n) is 1.87. The van der Waals surface area contributed by atoms with Crippen LogP contribution in [0.2, 0.25) is 5.02 Å². The van der Waals surface area contributed by atoms with Crippen molar-refractivity contribution < 1.29 is 18.7 Å². The average Bonchev–Trinajstić information content (AvgIpc) is 2.99. The monoisotopic (exact) mass is 331 g/mol. The predicted octanol–water partition coefficient (Wildman–Crippen LogP) is 3.22. The zero-order valence-corrected chi connectivity index (χ0v) is 12.9. The van der Waals surface area contributed by atoms with Gasteiger partial charge in [0.05, 0.1) is 24.9 Å². The summed E-state index contributed by atoms with van der Waals surface area (Å²) in [6, 6.07) is 6.42. The Bertz CT molecular complexity index is 871. The second-order valence-corrected chi connectivity index (χ2v) is 4.59. The van der Waals surface area contributed by atoms with E-state index >= 15 is 0 Å². The Morgan fingerprint density at radius 2 is 2.04 bits per heavy atom. The molecule has 0 unspecified atom stereocenters. The van der Waals surface area contributed by atoms with Gasteiger partial charge in [-0.1, -0.05) is 11.6 Å². The van der Waals surface area contributed by atoms with Gasteiger partial charge < -0.3 is 19.2 Å². The van der Waals surface area contributed by atoms with Crippen molar-refractivity contribution in [1.82, 2.24) is 0 Å². The number of benzene rings is 1. The molecule has 23 heavy (non-hydrogen) atoms. The molecule has 7 nitrogen and oxygen atoms in total. The van der Waals surface area contributed by atoms with Crippen LogP contribution in [-0.2, 0) is 4.74 Å². The fraction of sp³-hybridized carbons (Fsp3) is 0.133. The average molecular weight is 332 g/mol. The molecule has 0 saturated carbocycles. The van der Waals surface area contributed by atoms with Crippen molar-refractivity contribution in [2.45, 2.75) is 0 Å². The van der Waals surface area contributed by atoms with E-state index in [1.807, 2.05) is 0 Å². The second kappa shape index (κ2) is 6.73. The third-order valence-electron chi connectivity index (χ3n) is 2.92. The van der Waals surface area contributed by atoms with Gasteiger partial charge in [0.1, 0.15) is 23.3 Å². The lowest BCUT2D eigenvalue weighted by Gasteiger charge is -2.10. The zero-order valence-electron chi connectivity index (χ0n) is 12.1. The first kappa shape index (κ1) is 16.2. The topological polar surface area (TPSA) is 108 Å². The smallest absolute Gasteiger partial charge is 0.373 e. The van der Waals surface area contributed by atoms with E-state index < -0.39 is 5.97 Å². The van der Waals surface area contributed by atoms with E-state index in [0.717, 1.165) is 0 Å². The molecular weight excluding hydrogens is 322 g/mol. The van der Waals surface area contributed by atoms with Crippen molar-refractivity contribution in [2.75, 3.05) is 19.5 Å². The lowest BCUT2D eigenvalue weighted by molar-refractivity contribution is 0.0567. The molecule has 1 heterocycles. The van der Waals surface area contributed by atoms with E-state index in [2.05, 4.69) is 10.1 Å². The molecule has 8 heteroatoms. The van der Waals surface area contributed by atoms with Crippen LogP contribution in [0.1, 0.15) is 10.6 Å². The highest BCUT2D eigenvalue weighted by molar-refractivity contribution is 6.37. The standard InChI is InChI=1S/C15H10ClN3O4/c1-21-14-10(19-7-8(5-17)6-18)4-11-9(13(14)16)3-12(23-11)15(20)22-2/h3-4,7,19H,1-2H3. The third-order valence-corrected chi connectivity index (χ3v) is 3.30. The molecular formula is C15H10ClN3O4. The molecule has 0 aliphatic heterocycles. The van der Waals surface area contributed by atoms with Crippen molar-refractivity contribution in [1.29, 1.82) is 10.5 Å². The molecule has 0 aliphatic carbocycles. The molecule has 2 aromatic rings. The highest BCUT2D eigenvalue weighted by atomic mass is 35.5. The van der Waals surface area contributed by atoms with E-state index in [4.69, 9.17) is 31.3 Å². The van der Waals surface area contributed by atoms with E-state index in [-0.39, 0.29) is 22.1 Å². The Morgan fingerprint density at radius 1 is 1.35 bits per heavy atom. The van der Waals surface area contributed by atoms with Crippen molar-refractivity contribution in [3.8, 4) is 17.9 Å². The Kier molecular flexibility index (Phi) is 4.75. The molecule has 0 saturated heterocycles. The first-order valence-corrected chi connectivity index (χ1v) is 6.58. The summed E-state index contributed by atoms with van der Waals surface area (Å²) in [6.45, 7) is 0. The lowest BCUT2D eigenvalue weighted by Crippen LogP contribution is -1.97. The first-order valence-electron chi connectivity index (χ1n) is 6.21. The number of allylic oxidation sites excluding steroid dienone is 1. The molecule has 0 bridgehead atoms. The van der Waals surface area contributed by atoms with Crippen LogP contribution in [0.25, 0.3) is 11.0 Å². The number of fused-ring (bicyclic) bond motifs is 1. The quantitative estimate of drug-likeness (QED) is 0.676. The number of nitrogens with one attached hydrogen (secondary N) is 1. The van der Waals surface area contributed by atoms with Crippen LogP contribution in [0, 0.1) is 22.7 Å². The van der Waals surface area contributed by atoms with Crippen molar-refractivity contribution in [2.24, 2.45) is 0 Å². The number of esters is 1. The molecule has 0 atom stereocenters. The van der Waals surface area contributed by atoms with Crippen molar-refractivity contribution in [3.05, 3.63) is 34.7 Å². The Labute approximate surface area is 136 Å². The number of hydrogen-bond acceptors (Lipinski definition) is 7. The number of halogens is 1. The fourth-order valence-corrected chi connectivity index (χ4v) is 2.20. The van der Waals surface area contributed by atoms with Gasteiger partial charge >= 0.3 is 5.97 Å². The summed E-state index contributed by atoms with van der Waals surface area (Å²) in [5, 5.41) is 20.9. The van der Waals surface area contributed by atoms with Gasteiger partial charge in [0.2, 0.25) is 5.76 Å². The van der Waals surface area contributed by atoms with E-state index in [9.17, 15) is 4.79 Å². The van der Waals surface area contributed by atoms with E-state index in [1.165, 1.54) is 32.6 Å². The Morgan fingerprint density at radius 3 is 2.61 bits per heavy atom. The van der Waals surface area contributed by atoms with Crippen LogP contribution in [-0.4, -0.2) is 20.2 Å². The molecule has 116 valence electrons. The Hall–Kier alpha value is -3.16. The molecule has 0 spiro atoms. The van der Waals surface area contributed by atoms with Gasteiger partial charge in [-0.05, 0) is 0 Å². The molecule has 1 aromatic heterocycles. The van der Waals surface area contributed by atoms with Crippen molar-refractivity contribution >= 4 is 34.2 Å². The highest BCUT2D eigenvalue weighted by Crippen LogP contribution is 2.41. The second-order valence-electron chi connectivity index (χ2n) is 4.21. The summed E-state index contributed by atoms with van der Waals surface area (Å²) in [4.78, 5) is 11.5. The van der Waals surface area contributed by atoms with Crippen LogP contribution < -0.4 is 10.1 Å². The highest BCUT2D eigenvalue weighted by Gasteiger charge is 2.19. The number of rotatable bonds is 4. The number of carbonyl (C=O) groups is 1. The number of furan rings is 1. The summed E-state index contributed by atoms with van der Waals surface area (Å²) in [7, 11) is 2.65. The van der Waals surface area contributed by atoms with E-state index in [1.54, 1.807) is 12.1 Å². The minimum absolute atomic E-state index is 0.00566. The summed E-state index contributed by atoms with van der Waals surface area (Å²) < 4.78 is 15.2. The molecule has 0 fully saturated rings. The number of ether oxygens (including phenoxy) is 2. The van der Waals surface area contributed by atoms with Gasteiger partial charge in [-0.15, -0.1) is 0 Å². The maximum absolute atomic E-state index is 11.5. The zero-order chi connectivity index (χ0) is 17.0. The SMILES string of the molecule is COC(=O)c1cc2c(Cl)c(OC)c(NC=C(C#N)C#N)cc2o1. The van der Waals surface area contributed by atoms with Crippen LogP contribution in [0.4, 0.5) is 5.69 Å². The maximum Gasteiger partial charge on any atom is 0.373 e. The molecule has 1 N–H and O–H groups in total. The van der Waals surface area contributed by atoms with Gasteiger partial charge in [-0.25, -0.2) is 4.79 Å². The first-order chi connectivity index (χ1) is 11.0. The van der Waals surface area contributed by atoms with Gasteiger partial charge in [-0.3, -0.25) is 0 Å². The van der Waals surface area contributed by atoms with Crippen LogP contribution in [0.3, 0.4) is 0 Å². The minimum Gasteiger partial charge on any atom is -0.493 e. The number of nitriles is 2. The molecule has 1 aromatic carbocycles. The van der Waals surface area contributed by atoms with Crippen LogP contribution >= 0.6 is 11.6 Å². The lowest BCUT2D eigenvalue weighted by atomic mass is 10.2. The number of anilines is 1. The number of nitrogens with zero attached hydrogens (tertiary/aromatic N) is 2. The minimum atomic E-state index is -0.637. The summed E-state index contributed by atoms with van der Waals surface area (Å²) in [5.41, 5.74) is 0.569. The largest absolute Gasteiger partial charge is 0.493 e. The van der Waals surface area contributed by atoms with E-state index in [0.29, 0.717) is 16.7 Å². The maximum atomic E-state index is 11.5. The molecule has 0 amide bonds. The predicted molar refractivity (Wildman–Crippen MR) is 82.0 cm³/mol.